The van der Waals surface area contributed by atoms with Crippen LogP contribution in [0.15, 0.2) is 34.7 Å². The van der Waals surface area contributed by atoms with E-state index in [4.69, 9.17) is 4.42 Å². The molecule has 3 aromatic rings. The average Bonchev–Trinajstić information content (AvgIpc) is 3.17. The smallest absolute Gasteiger partial charge is 0.268 e. The van der Waals surface area contributed by atoms with E-state index >= 15 is 0 Å². The van der Waals surface area contributed by atoms with Crippen LogP contribution in [0.5, 0.6) is 0 Å². The number of aromatic nitrogens is 1. The van der Waals surface area contributed by atoms with Crippen LogP contribution in [0.4, 0.5) is 0 Å². The second kappa shape index (κ2) is 5.92. The maximum Gasteiger partial charge on any atom is 0.268 e. The highest BCUT2D eigenvalue weighted by molar-refractivity contribution is 6.04. The Labute approximate surface area is 145 Å². The molecular formula is C20H20N2O3. The molecule has 1 aromatic carbocycles. The molecule has 0 spiro atoms. The number of nitrogens with one attached hydrogen (secondary N) is 2. The van der Waals surface area contributed by atoms with E-state index in [9.17, 15) is 9.59 Å². The highest BCUT2D eigenvalue weighted by Crippen LogP contribution is 2.27. The number of benzene rings is 1. The zero-order chi connectivity index (χ0) is 17.6. The van der Waals surface area contributed by atoms with Crippen molar-refractivity contribution in [2.24, 2.45) is 0 Å². The lowest BCUT2D eigenvalue weighted by atomic mass is 9.94. The van der Waals surface area contributed by atoms with Crippen molar-refractivity contribution >= 4 is 22.7 Å². The lowest BCUT2D eigenvalue weighted by molar-refractivity contribution is 0.0930. The summed E-state index contributed by atoms with van der Waals surface area (Å²) in [5.41, 5.74) is 3.61. The number of H-pyrrole nitrogens is 1. The molecule has 1 atom stereocenters. The molecule has 2 aromatic heterocycles. The largest absolute Gasteiger partial charge is 0.459 e. The Morgan fingerprint density at radius 2 is 2.08 bits per heavy atom. The van der Waals surface area contributed by atoms with Gasteiger partial charge in [-0.25, -0.2) is 0 Å². The predicted octanol–water partition coefficient (Wildman–Crippen LogP) is 4.08. The minimum absolute atomic E-state index is 0.124. The third-order valence-electron chi connectivity index (χ3n) is 4.88. The molecule has 0 saturated heterocycles. The van der Waals surface area contributed by atoms with Gasteiger partial charge in [0, 0.05) is 23.1 Å². The fourth-order valence-electron chi connectivity index (χ4n) is 3.56. The van der Waals surface area contributed by atoms with Crippen molar-refractivity contribution in [3.63, 3.8) is 0 Å². The number of hydrogen-bond acceptors (Lipinski definition) is 3. The molecule has 25 heavy (non-hydrogen) atoms. The van der Waals surface area contributed by atoms with Gasteiger partial charge in [0.2, 0.25) is 0 Å². The standard InChI is InChI=1S/C20H20N2O3/c1-11-18-14(7-5-8-15(18)23)22-19(11)20(24)21-12(2)17-10-13-6-3-4-9-16(13)25-17/h3-4,6,9-10,12,22H,5,7-8H2,1-2H3,(H,21,24)/t12-/m1/s1. The summed E-state index contributed by atoms with van der Waals surface area (Å²) in [6, 6.07) is 9.43. The van der Waals surface area contributed by atoms with Crippen molar-refractivity contribution in [3.05, 3.63) is 58.6 Å². The van der Waals surface area contributed by atoms with Crippen LogP contribution in [-0.2, 0) is 6.42 Å². The first-order valence-corrected chi connectivity index (χ1v) is 8.58. The molecule has 5 nitrogen and oxygen atoms in total. The lowest BCUT2D eigenvalue weighted by Crippen LogP contribution is -2.27. The Kier molecular flexibility index (Phi) is 3.71. The third-order valence-corrected chi connectivity index (χ3v) is 4.88. The molecule has 128 valence electrons. The van der Waals surface area contributed by atoms with Gasteiger partial charge in [-0.15, -0.1) is 0 Å². The van der Waals surface area contributed by atoms with Crippen molar-refractivity contribution in [1.29, 1.82) is 0 Å². The molecule has 1 aliphatic rings. The number of para-hydroxylation sites is 1. The van der Waals surface area contributed by atoms with E-state index in [1.807, 2.05) is 44.2 Å². The van der Waals surface area contributed by atoms with Crippen LogP contribution in [-0.4, -0.2) is 16.7 Å². The molecule has 5 heteroatoms. The number of fused-ring (bicyclic) bond motifs is 2. The number of rotatable bonds is 3. The zero-order valence-corrected chi connectivity index (χ0v) is 14.3. The Balaban J connectivity index is 1.58. The van der Waals surface area contributed by atoms with Gasteiger partial charge in [-0.05, 0) is 44.4 Å². The quantitative estimate of drug-likeness (QED) is 0.757. The summed E-state index contributed by atoms with van der Waals surface area (Å²) in [5.74, 6) is 0.617. The Morgan fingerprint density at radius 3 is 2.84 bits per heavy atom. The van der Waals surface area contributed by atoms with Gasteiger partial charge >= 0.3 is 0 Å². The molecule has 0 saturated carbocycles. The van der Waals surface area contributed by atoms with Gasteiger partial charge in [-0.2, -0.15) is 0 Å². The van der Waals surface area contributed by atoms with Crippen molar-refractivity contribution in [2.75, 3.05) is 0 Å². The summed E-state index contributed by atoms with van der Waals surface area (Å²) in [5, 5.41) is 3.97. The summed E-state index contributed by atoms with van der Waals surface area (Å²) in [4.78, 5) is 28.0. The second-order valence-electron chi connectivity index (χ2n) is 6.64. The van der Waals surface area contributed by atoms with Gasteiger partial charge in [-0.1, -0.05) is 18.2 Å². The number of carbonyl (C=O) groups is 2. The summed E-state index contributed by atoms with van der Waals surface area (Å²) < 4.78 is 5.82. The van der Waals surface area contributed by atoms with Crippen LogP contribution in [0.2, 0.25) is 0 Å². The van der Waals surface area contributed by atoms with Crippen molar-refractivity contribution in [1.82, 2.24) is 10.3 Å². The monoisotopic (exact) mass is 336 g/mol. The first kappa shape index (κ1) is 15.7. The molecule has 2 N–H and O–H groups in total. The van der Waals surface area contributed by atoms with Crippen LogP contribution in [0.3, 0.4) is 0 Å². The van der Waals surface area contributed by atoms with E-state index in [1.54, 1.807) is 0 Å². The van der Waals surface area contributed by atoms with Crippen LogP contribution in [0.25, 0.3) is 11.0 Å². The normalized spacial score (nSPS) is 15.2. The number of ketones is 1. The second-order valence-corrected chi connectivity index (χ2v) is 6.64. The molecule has 1 aliphatic carbocycles. The fourth-order valence-corrected chi connectivity index (χ4v) is 3.56. The summed E-state index contributed by atoms with van der Waals surface area (Å²) in [6.07, 6.45) is 2.21. The highest BCUT2D eigenvalue weighted by atomic mass is 16.3. The van der Waals surface area contributed by atoms with E-state index < -0.39 is 0 Å². The molecule has 0 fully saturated rings. The predicted molar refractivity (Wildman–Crippen MR) is 94.9 cm³/mol. The Morgan fingerprint density at radius 1 is 1.28 bits per heavy atom. The molecule has 0 bridgehead atoms. The highest BCUT2D eigenvalue weighted by Gasteiger charge is 2.27. The van der Waals surface area contributed by atoms with Crippen molar-refractivity contribution < 1.29 is 14.0 Å². The minimum Gasteiger partial charge on any atom is -0.459 e. The SMILES string of the molecule is Cc1c(C(=O)N[C@H](C)c2cc3ccccc3o2)[nH]c2c1C(=O)CCC2. The van der Waals surface area contributed by atoms with Crippen molar-refractivity contribution in [3.8, 4) is 0 Å². The summed E-state index contributed by atoms with van der Waals surface area (Å²) in [6.45, 7) is 3.72. The summed E-state index contributed by atoms with van der Waals surface area (Å²) >= 11 is 0. The van der Waals surface area contributed by atoms with Gasteiger partial charge in [-0.3, -0.25) is 9.59 Å². The Bertz CT molecular complexity index is 947. The topological polar surface area (TPSA) is 75.1 Å². The van der Waals surface area contributed by atoms with Crippen LogP contribution < -0.4 is 5.32 Å². The lowest BCUT2D eigenvalue weighted by Gasteiger charge is -2.11. The van der Waals surface area contributed by atoms with Gasteiger partial charge in [0.15, 0.2) is 5.78 Å². The van der Waals surface area contributed by atoms with Gasteiger partial charge in [0.05, 0.1) is 6.04 Å². The van der Waals surface area contributed by atoms with Crippen LogP contribution in [0, 0.1) is 6.92 Å². The number of Topliss-reactive ketones (excluding diaryl/α,β-unsaturated/α-hetero) is 1. The molecular weight excluding hydrogens is 316 g/mol. The molecule has 4 rings (SSSR count). The Hall–Kier alpha value is -2.82. The van der Waals surface area contributed by atoms with Gasteiger partial charge in [0.1, 0.15) is 17.0 Å². The van der Waals surface area contributed by atoms with Gasteiger partial charge < -0.3 is 14.7 Å². The minimum atomic E-state index is -0.268. The number of furan rings is 1. The van der Waals surface area contributed by atoms with E-state index in [0.29, 0.717) is 23.4 Å². The first-order valence-electron chi connectivity index (χ1n) is 8.58. The summed E-state index contributed by atoms with van der Waals surface area (Å²) in [7, 11) is 0. The van der Waals surface area contributed by atoms with Crippen LogP contribution in [0.1, 0.15) is 63.7 Å². The molecule has 0 aliphatic heterocycles. The zero-order valence-electron chi connectivity index (χ0n) is 14.3. The van der Waals surface area contributed by atoms with Crippen LogP contribution >= 0.6 is 0 Å². The molecule has 0 unspecified atom stereocenters. The third kappa shape index (κ3) is 2.65. The van der Waals surface area contributed by atoms with E-state index in [-0.39, 0.29) is 17.7 Å². The maximum absolute atomic E-state index is 12.7. The maximum atomic E-state index is 12.7. The van der Waals surface area contributed by atoms with Gasteiger partial charge in [0.25, 0.3) is 5.91 Å². The molecule has 0 radical (unpaired) electrons. The van der Waals surface area contributed by atoms with Crippen molar-refractivity contribution in [2.45, 2.75) is 39.2 Å². The number of amides is 1. The molecule has 1 amide bonds. The van der Waals surface area contributed by atoms with E-state index in [0.717, 1.165) is 35.1 Å². The number of carbonyl (C=O) groups excluding carboxylic acids is 2. The number of aromatic amines is 1. The first-order chi connectivity index (χ1) is 12.0. The average molecular weight is 336 g/mol. The van der Waals surface area contributed by atoms with E-state index in [2.05, 4.69) is 10.3 Å². The number of aryl methyl sites for hydroxylation is 1. The number of hydrogen-bond donors (Lipinski definition) is 2. The molecule has 2 heterocycles. The fraction of sp³-hybridized carbons (Fsp3) is 0.300. The van der Waals surface area contributed by atoms with E-state index in [1.165, 1.54) is 0 Å².